The number of ether oxygens (including phenoxy) is 1. The summed E-state index contributed by atoms with van der Waals surface area (Å²) in [7, 11) is 0. The zero-order valence-corrected chi connectivity index (χ0v) is 15.3. The van der Waals surface area contributed by atoms with Crippen LogP contribution in [0.15, 0.2) is 36.5 Å². The largest absolute Gasteiger partial charge is 0.487 e. The van der Waals surface area contributed by atoms with Gasteiger partial charge in [0.15, 0.2) is 0 Å². The topological polar surface area (TPSA) is 51.2 Å². The van der Waals surface area contributed by atoms with Crippen LogP contribution in [0.3, 0.4) is 0 Å². The number of rotatable bonds is 5. The van der Waals surface area contributed by atoms with Crippen molar-refractivity contribution >= 4 is 5.91 Å². The average Bonchev–Trinajstić information content (AvgIpc) is 3.29. The zero-order chi connectivity index (χ0) is 17.9. The molecule has 1 fully saturated rings. The van der Waals surface area contributed by atoms with E-state index in [1.807, 2.05) is 19.2 Å². The van der Waals surface area contributed by atoms with Crippen LogP contribution in [0, 0.1) is 12.8 Å². The van der Waals surface area contributed by atoms with Crippen LogP contribution in [0.2, 0.25) is 0 Å². The van der Waals surface area contributed by atoms with Crippen LogP contribution in [-0.2, 0) is 11.2 Å². The van der Waals surface area contributed by atoms with E-state index in [9.17, 15) is 4.79 Å². The van der Waals surface area contributed by atoms with Gasteiger partial charge < -0.3 is 10.1 Å². The normalized spacial score (nSPS) is 19.2. The molecule has 2 heterocycles. The lowest BCUT2D eigenvalue weighted by Crippen LogP contribution is -2.35. The number of fused-ring (bicyclic) bond motifs is 1. The van der Waals surface area contributed by atoms with E-state index in [4.69, 9.17) is 4.74 Å². The number of benzene rings is 1. The molecule has 26 heavy (non-hydrogen) atoms. The zero-order valence-electron chi connectivity index (χ0n) is 15.3. The van der Waals surface area contributed by atoms with Crippen molar-refractivity contribution in [2.45, 2.75) is 51.6 Å². The van der Waals surface area contributed by atoms with Crippen molar-refractivity contribution in [2.24, 2.45) is 5.92 Å². The first-order valence-corrected chi connectivity index (χ1v) is 9.67. The van der Waals surface area contributed by atoms with Gasteiger partial charge in [-0.3, -0.25) is 9.78 Å². The van der Waals surface area contributed by atoms with Crippen molar-refractivity contribution < 1.29 is 9.53 Å². The van der Waals surface area contributed by atoms with Gasteiger partial charge in [-0.2, -0.15) is 0 Å². The molecule has 0 bridgehead atoms. The molecule has 4 heteroatoms. The van der Waals surface area contributed by atoms with Gasteiger partial charge in [-0.25, -0.2) is 0 Å². The molecular formula is C22H26N2O2. The molecule has 136 valence electrons. The predicted molar refractivity (Wildman–Crippen MR) is 102 cm³/mol. The molecule has 1 aromatic heterocycles. The maximum Gasteiger partial charge on any atom is 0.220 e. The number of carbonyl (C=O) groups is 1. The van der Waals surface area contributed by atoms with Gasteiger partial charge in [0, 0.05) is 24.6 Å². The quantitative estimate of drug-likeness (QED) is 0.885. The summed E-state index contributed by atoms with van der Waals surface area (Å²) in [4.78, 5) is 16.7. The van der Waals surface area contributed by atoms with Crippen LogP contribution in [-0.4, -0.2) is 23.5 Å². The molecule has 1 aliphatic carbocycles. The minimum atomic E-state index is 0.00382. The number of amides is 1. The van der Waals surface area contributed by atoms with E-state index in [2.05, 4.69) is 34.6 Å². The summed E-state index contributed by atoms with van der Waals surface area (Å²) in [5.41, 5.74) is 4.30. The van der Waals surface area contributed by atoms with Gasteiger partial charge in [0.2, 0.25) is 5.91 Å². The molecule has 0 radical (unpaired) electrons. The number of aryl methyl sites for hydroxylation is 1. The smallest absolute Gasteiger partial charge is 0.220 e. The first-order chi connectivity index (χ1) is 12.7. The highest BCUT2D eigenvalue weighted by Gasteiger charge is 2.27. The van der Waals surface area contributed by atoms with E-state index in [-0.39, 0.29) is 12.0 Å². The molecule has 1 saturated carbocycles. The fourth-order valence-corrected chi connectivity index (χ4v) is 4.06. The number of carbonyl (C=O) groups excluding carboxylic acids is 1. The van der Waals surface area contributed by atoms with Crippen LogP contribution >= 0.6 is 0 Å². The fourth-order valence-electron chi connectivity index (χ4n) is 4.06. The third-order valence-electron chi connectivity index (χ3n) is 5.49. The second-order valence-corrected chi connectivity index (χ2v) is 7.62. The molecule has 1 aliphatic heterocycles. The van der Waals surface area contributed by atoms with E-state index in [0.717, 1.165) is 29.0 Å². The summed E-state index contributed by atoms with van der Waals surface area (Å²) in [6.07, 6.45) is 8.33. The highest BCUT2D eigenvalue weighted by atomic mass is 16.5. The summed E-state index contributed by atoms with van der Waals surface area (Å²) in [5, 5.41) is 3.07. The number of para-hydroxylation sites is 1. The molecule has 1 N–H and O–H groups in total. The van der Waals surface area contributed by atoms with Gasteiger partial charge in [0.25, 0.3) is 0 Å². The Kier molecular flexibility index (Phi) is 4.91. The van der Waals surface area contributed by atoms with Crippen LogP contribution < -0.4 is 10.1 Å². The number of aromatic nitrogens is 1. The SMILES string of the molecule is Cc1ccc(-c2cccc3c2OC(CNC(=O)CC2CCCC2)C3)nc1. The van der Waals surface area contributed by atoms with E-state index in [1.165, 1.54) is 31.2 Å². The lowest BCUT2D eigenvalue weighted by atomic mass is 10.0. The molecule has 0 saturated heterocycles. The monoisotopic (exact) mass is 350 g/mol. The van der Waals surface area contributed by atoms with Crippen molar-refractivity contribution in [2.75, 3.05) is 6.54 Å². The standard InChI is InChI=1S/C22H26N2O2/c1-15-9-10-20(23-13-15)19-8-4-7-17-12-18(26-22(17)19)14-24-21(25)11-16-5-2-3-6-16/h4,7-10,13,16,18H,2-3,5-6,11-12,14H2,1H3,(H,24,25). The Balaban J connectivity index is 1.38. The molecule has 4 nitrogen and oxygen atoms in total. The van der Waals surface area contributed by atoms with Gasteiger partial charge in [-0.05, 0) is 48.9 Å². The lowest BCUT2D eigenvalue weighted by Gasteiger charge is -2.14. The molecule has 1 unspecified atom stereocenters. The Labute approximate surface area is 155 Å². The second kappa shape index (κ2) is 7.48. The highest BCUT2D eigenvalue weighted by Crippen LogP contribution is 2.38. The first-order valence-electron chi connectivity index (χ1n) is 9.67. The molecule has 1 aromatic carbocycles. The van der Waals surface area contributed by atoms with E-state index in [1.54, 1.807) is 0 Å². The Morgan fingerprint density at radius 3 is 2.85 bits per heavy atom. The Morgan fingerprint density at radius 1 is 1.23 bits per heavy atom. The number of nitrogens with zero attached hydrogens (tertiary/aromatic N) is 1. The van der Waals surface area contributed by atoms with Gasteiger partial charge >= 0.3 is 0 Å². The summed E-state index contributed by atoms with van der Waals surface area (Å²) in [5.74, 6) is 1.66. The Morgan fingerprint density at radius 2 is 2.08 bits per heavy atom. The molecule has 4 rings (SSSR count). The minimum Gasteiger partial charge on any atom is -0.487 e. The maximum absolute atomic E-state index is 12.2. The number of nitrogens with one attached hydrogen (secondary N) is 1. The minimum absolute atomic E-state index is 0.00382. The molecule has 2 aliphatic rings. The summed E-state index contributed by atoms with van der Waals surface area (Å²) >= 11 is 0. The first kappa shape index (κ1) is 17.1. The van der Waals surface area contributed by atoms with Crippen LogP contribution in [0.5, 0.6) is 5.75 Å². The van der Waals surface area contributed by atoms with Crippen LogP contribution in [0.25, 0.3) is 11.3 Å². The molecule has 0 spiro atoms. The number of hydrogen-bond acceptors (Lipinski definition) is 3. The van der Waals surface area contributed by atoms with Crippen molar-refractivity contribution in [3.8, 4) is 17.0 Å². The van der Waals surface area contributed by atoms with Crippen molar-refractivity contribution in [3.63, 3.8) is 0 Å². The van der Waals surface area contributed by atoms with E-state index >= 15 is 0 Å². The summed E-state index contributed by atoms with van der Waals surface area (Å²) in [6, 6.07) is 10.3. The van der Waals surface area contributed by atoms with Crippen molar-refractivity contribution in [3.05, 3.63) is 47.7 Å². The fraction of sp³-hybridized carbons (Fsp3) is 0.455. The van der Waals surface area contributed by atoms with E-state index < -0.39 is 0 Å². The van der Waals surface area contributed by atoms with Crippen molar-refractivity contribution in [1.82, 2.24) is 10.3 Å². The van der Waals surface area contributed by atoms with Crippen LogP contribution in [0.1, 0.15) is 43.2 Å². The number of hydrogen-bond donors (Lipinski definition) is 1. The Hall–Kier alpha value is -2.36. The van der Waals surface area contributed by atoms with Gasteiger partial charge in [-0.1, -0.05) is 31.0 Å². The predicted octanol–water partition coefficient (Wildman–Crippen LogP) is 4.06. The second-order valence-electron chi connectivity index (χ2n) is 7.62. The van der Waals surface area contributed by atoms with Gasteiger partial charge in [0.1, 0.15) is 11.9 Å². The molecule has 2 aromatic rings. The van der Waals surface area contributed by atoms with Gasteiger partial charge in [0.05, 0.1) is 12.2 Å². The highest BCUT2D eigenvalue weighted by molar-refractivity contribution is 5.76. The third kappa shape index (κ3) is 3.74. The Bertz CT molecular complexity index is 779. The average molecular weight is 350 g/mol. The maximum atomic E-state index is 12.2. The molecule has 1 atom stereocenters. The molecule has 1 amide bonds. The van der Waals surface area contributed by atoms with Gasteiger partial charge in [-0.15, -0.1) is 0 Å². The summed E-state index contributed by atoms with van der Waals surface area (Å²) < 4.78 is 6.19. The lowest BCUT2D eigenvalue weighted by molar-refractivity contribution is -0.122. The number of pyridine rings is 1. The van der Waals surface area contributed by atoms with E-state index in [0.29, 0.717) is 18.9 Å². The summed E-state index contributed by atoms with van der Waals surface area (Å²) in [6.45, 7) is 2.61. The molecular weight excluding hydrogens is 324 g/mol. The van der Waals surface area contributed by atoms with Crippen LogP contribution in [0.4, 0.5) is 0 Å². The third-order valence-corrected chi connectivity index (χ3v) is 5.49. The van der Waals surface area contributed by atoms with Crippen molar-refractivity contribution in [1.29, 1.82) is 0 Å².